The maximum Gasteiger partial charge on any atom is 0.139 e. The summed E-state index contributed by atoms with van der Waals surface area (Å²) in [4.78, 5) is 10.3. The van der Waals surface area contributed by atoms with Crippen molar-refractivity contribution in [1.29, 1.82) is 0 Å². The smallest absolute Gasteiger partial charge is 0.139 e. The molecule has 2 N–H and O–H groups in total. The minimum Gasteiger partial charge on any atom is -0.496 e. The second-order valence-electron chi connectivity index (χ2n) is 3.16. The van der Waals surface area contributed by atoms with Crippen LogP contribution in [0.25, 0.3) is 0 Å². The second-order valence-corrected chi connectivity index (χ2v) is 3.16. The number of aryl methyl sites for hydroxylation is 1. The van der Waals surface area contributed by atoms with Crippen LogP contribution in [-0.4, -0.2) is 27.0 Å². The van der Waals surface area contributed by atoms with Gasteiger partial charge in [-0.2, -0.15) is 0 Å². The van der Waals surface area contributed by atoms with E-state index in [4.69, 9.17) is 4.74 Å². The number of methoxy groups -OCH3 is 1. The molecule has 0 unspecified atom stereocenters. The Labute approximate surface area is 89.6 Å². The number of benzene rings is 1. The zero-order valence-electron chi connectivity index (χ0n) is 9.26. The molecule has 0 radical (unpaired) electrons. The summed E-state index contributed by atoms with van der Waals surface area (Å²) in [5, 5.41) is 6.07. The molecule has 0 heterocycles. The van der Waals surface area contributed by atoms with Crippen molar-refractivity contribution in [2.75, 3.05) is 31.3 Å². The van der Waals surface area contributed by atoms with Crippen LogP contribution in [0.4, 0.5) is 11.4 Å². The van der Waals surface area contributed by atoms with Crippen LogP contribution in [0.2, 0.25) is 0 Å². The second kappa shape index (κ2) is 5.24. The van der Waals surface area contributed by atoms with Gasteiger partial charge < -0.3 is 20.2 Å². The predicted molar refractivity (Wildman–Crippen MR) is 61.8 cm³/mol. The van der Waals surface area contributed by atoms with Gasteiger partial charge in [0.15, 0.2) is 0 Å². The van der Waals surface area contributed by atoms with E-state index >= 15 is 0 Å². The SMILES string of the molecule is CNc1cc(C)c(OC)cc1NCC=O. The van der Waals surface area contributed by atoms with Crippen molar-refractivity contribution in [3.05, 3.63) is 17.7 Å². The molecule has 4 nitrogen and oxygen atoms in total. The van der Waals surface area contributed by atoms with Crippen LogP contribution in [0, 0.1) is 6.92 Å². The van der Waals surface area contributed by atoms with Gasteiger partial charge in [0, 0.05) is 13.1 Å². The Balaban J connectivity index is 3.04. The molecule has 82 valence electrons. The van der Waals surface area contributed by atoms with Gasteiger partial charge in [-0.3, -0.25) is 0 Å². The quantitative estimate of drug-likeness (QED) is 0.722. The molecule has 0 aliphatic carbocycles. The fourth-order valence-electron chi connectivity index (χ4n) is 1.41. The van der Waals surface area contributed by atoms with E-state index in [0.29, 0.717) is 6.54 Å². The lowest BCUT2D eigenvalue weighted by Gasteiger charge is -2.13. The van der Waals surface area contributed by atoms with E-state index < -0.39 is 0 Å². The Morgan fingerprint density at radius 2 is 2.13 bits per heavy atom. The van der Waals surface area contributed by atoms with Gasteiger partial charge in [-0.25, -0.2) is 0 Å². The predicted octanol–water partition coefficient (Wildman–Crippen LogP) is 1.66. The summed E-state index contributed by atoms with van der Waals surface area (Å²) in [5.74, 6) is 0.808. The van der Waals surface area contributed by atoms with Crippen molar-refractivity contribution in [3.63, 3.8) is 0 Å². The van der Waals surface area contributed by atoms with E-state index in [1.54, 1.807) is 7.11 Å². The number of nitrogens with one attached hydrogen (secondary N) is 2. The lowest BCUT2D eigenvalue weighted by atomic mass is 10.1. The van der Waals surface area contributed by atoms with Gasteiger partial charge in [-0.05, 0) is 18.6 Å². The van der Waals surface area contributed by atoms with Crippen LogP contribution >= 0.6 is 0 Å². The van der Waals surface area contributed by atoms with Crippen LogP contribution in [0.15, 0.2) is 12.1 Å². The fourth-order valence-corrected chi connectivity index (χ4v) is 1.41. The van der Waals surface area contributed by atoms with Gasteiger partial charge in [-0.1, -0.05) is 0 Å². The molecule has 0 aliphatic heterocycles. The van der Waals surface area contributed by atoms with E-state index in [2.05, 4.69) is 10.6 Å². The van der Waals surface area contributed by atoms with Crippen molar-refractivity contribution < 1.29 is 9.53 Å². The highest BCUT2D eigenvalue weighted by Crippen LogP contribution is 2.30. The summed E-state index contributed by atoms with van der Waals surface area (Å²) in [6.07, 6.45) is 0.825. The minimum absolute atomic E-state index is 0.293. The molecular weight excluding hydrogens is 192 g/mol. The fraction of sp³-hybridized carbons (Fsp3) is 0.364. The Kier molecular flexibility index (Phi) is 3.97. The molecule has 0 fully saturated rings. The molecule has 0 bridgehead atoms. The average molecular weight is 208 g/mol. The summed E-state index contributed by atoms with van der Waals surface area (Å²) in [7, 11) is 3.47. The molecule has 0 aliphatic rings. The van der Waals surface area contributed by atoms with E-state index in [-0.39, 0.29) is 0 Å². The summed E-state index contributed by atoms with van der Waals surface area (Å²) in [6, 6.07) is 3.86. The highest BCUT2D eigenvalue weighted by atomic mass is 16.5. The van der Waals surface area contributed by atoms with E-state index in [1.807, 2.05) is 26.1 Å². The van der Waals surface area contributed by atoms with E-state index in [0.717, 1.165) is 29.0 Å². The summed E-state index contributed by atoms with van der Waals surface area (Å²) in [5.41, 5.74) is 2.88. The van der Waals surface area contributed by atoms with Crippen molar-refractivity contribution >= 4 is 17.7 Å². The third kappa shape index (κ3) is 2.62. The van der Waals surface area contributed by atoms with Crippen LogP contribution in [-0.2, 0) is 4.79 Å². The first-order valence-corrected chi connectivity index (χ1v) is 4.76. The topological polar surface area (TPSA) is 50.4 Å². The van der Waals surface area contributed by atoms with E-state index in [1.165, 1.54) is 0 Å². The van der Waals surface area contributed by atoms with Crippen LogP contribution in [0.1, 0.15) is 5.56 Å². The van der Waals surface area contributed by atoms with Gasteiger partial charge >= 0.3 is 0 Å². The Bertz CT molecular complexity index is 351. The van der Waals surface area contributed by atoms with Gasteiger partial charge in [0.2, 0.25) is 0 Å². The molecule has 0 saturated carbocycles. The van der Waals surface area contributed by atoms with Crippen molar-refractivity contribution in [2.24, 2.45) is 0 Å². The monoisotopic (exact) mass is 208 g/mol. The van der Waals surface area contributed by atoms with Gasteiger partial charge in [0.1, 0.15) is 12.0 Å². The average Bonchev–Trinajstić information content (AvgIpc) is 2.26. The van der Waals surface area contributed by atoms with Gasteiger partial charge in [0.05, 0.1) is 25.0 Å². The van der Waals surface area contributed by atoms with Crippen molar-refractivity contribution in [2.45, 2.75) is 6.92 Å². The molecular formula is C11H16N2O2. The van der Waals surface area contributed by atoms with Crippen molar-refractivity contribution in [3.8, 4) is 5.75 Å². The molecule has 15 heavy (non-hydrogen) atoms. The largest absolute Gasteiger partial charge is 0.496 e. The molecule has 0 spiro atoms. The molecule has 0 aromatic heterocycles. The summed E-state index contributed by atoms with van der Waals surface area (Å²) < 4.78 is 5.21. The number of aldehydes is 1. The van der Waals surface area contributed by atoms with Gasteiger partial charge in [-0.15, -0.1) is 0 Å². The molecule has 0 atom stereocenters. The highest BCUT2D eigenvalue weighted by molar-refractivity contribution is 5.74. The number of hydrogen-bond donors (Lipinski definition) is 2. The lowest BCUT2D eigenvalue weighted by molar-refractivity contribution is -0.106. The number of hydrogen-bond acceptors (Lipinski definition) is 4. The third-order valence-electron chi connectivity index (χ3n) is 2.18. The minimum atomic E-state index is 0.293. The third-order valence-corrected chi connectivity index (χ3v) is 2.18. The molecule has 1 aromatic carbocycles. The first kappa shape index (κ1) is 11.4. The Hall–Kier alpha value is -1.71. The normalized spacial score (nSPS) is 9.53. The number of rotatable bonds is 5. The zero-order chi connectivity index (χ0) is 11.3. The number of carbonyl (C=O) groups excluding carboxylic acids is 1. The maximum absolute atomic E-state index is 10.3. The van der Waals surface area contributed by atoms with Crippen LogP contribution < -0.4 is 15.4 Å². The van der Waals surface area contributed by atoms with Crippen molar-refractivity contribution in [1.82, 2.24) is 0 Å². The zero-order valence-corrected chi connectivity index (χ0v) is 9.26. The summed E-state index contributed by atoms with van der Waals surface area (Å²) >= 11 is 0. The highest BCUT2D eigenvalue weighted by Gasteiger charge is 2.05. The molecule has 1 aromatic rings. The van der Waals surface area contributed by atoms with Crippen LogP contribution in [0.5, 0.6) is 5.75 Å². The number of carbonyl (C=O) groups is 1. The molecule has 1 rings (SSSR count). The Morgan fingerprint density at radius 3 is 2.67 bits per heavy atom. The van der Waals surface area contributed by atoms with Gasteiger partial charge in [0.25, 0.3) is 0 Å². The standard InChI is InChI=1S/C11H16N2O2/c1-8-6-9(12-2)10(13-4-5-14)7-11(8)15-3/h5-7,12-13H,4H2,1-3H3. The lowest BCUT2D eigenvalue weighted by Crippen LogP contribution is -2.05. The summed E-state index contributed by atoms with van der Waals surface area (Å²) in [6.45, 7) is 2.27. The molecule has 0 saturated heterocycles. The maximum atomic E-state index is 10.3. The number of ether oxygens (including phenoxy) is 1. The number of anilines is 2. The first-order valence-electron chi connectivity index (χ1n) is 4.76. The Morgan fingerprint density at radius 1 is 1.40 bits per heavy atom. The van der Waals surface area contributed by atoms with E-state index in [9.17, 15) is 4.79 Å². The first-order chi connectivity index (χ1) is 7.22. The van der Waals surface area contributed by atoms with Crippen LogP contribution in [0.3, 0.4) is 0 Å². The molecule has 4 heteroatoms. The molecule has 0 amide bonds.